The van der Waals surface area contributed by atoms with Crippen molar-refractivity contribution in [1.82, 2.24) is 4.98 Å². The highest BCUT2D eigenvalue weighted by Gasteiger charge is 2.16. The van der Waals surface area contributed by atoms with Crippen LogP contribution in [-0.2, 0) is 6.42 Å². The van der Waals surface area contributed by atoms with Crippen LogP contribution in [0.25, 0.3) is 0 Å². The van der Waals surface area contributed by atoms with E-state index in [9.17, 15) is 0 Å². The molecule has 1 atom stereocenters. The van der Waals surface area contributed by atoms with Crippen LogP contribution in [0.15, 0.2) is 12.3 Å². The summed E-state index contributed by atoms with van der Waals surface area (Å²) in [5, 5.41) is 0. The molecule has 2 rings (SSSR count). The number of rotatable bonds is 0. The standard InChI is InChI=1S/C10H14N2/c1-7-3-2-4-8-5-10(11)12-6-9(7)8/h5-7H,2-4H2,1H3,(H2,11,12)/t7-/m1/s1. The highest BCUT2D eigenvalue weighted by atomic mass is 14.8. The largest absolute Gasteiger partial charge is 0.384 e. The van der Waals surface area contributed by atoms with Crippen molar-refractivity contribution in [3.8, 4) is 0 Å². The van der Waals surface area contributed by atoms with Gasteiger partial charge < -0.3 is 5.73 Å². The first kappa shape index (κ1) is 7.59. The Labute approximate surface area is 72.8 Å². The van der Waals surface area contributed by atoms with E-state index in [4.69, 9.17) is 5.73 Å². The van der Waals surface area contributed by atoms with Crippen molar-refractivity contribution in [1.29, 1.82) is 0 Å². The molecule has 0 saturated carbocycles. The number of nitrogen functional groups attached to an aromatic ring is 1. The summed E-state index contributed by atoms with van der Waals surface area (Å²) in [6.45, 7) is 2.26. The van der Waals surface area contributed by atoms with E-state index in [1.165, 1.54) is 30.4 Å². The van der Waals surface area contributed by atoms with Gasteiger partial charge in [0.2, 0.25) is 0 Å². The van der Waals surface area contributed by atoms with Gasteiger partial charge in [0.15, 0.2) is 0 Å². The van der Waals surface area contributed by atoms with Crippen LogP contribution in [-0.4, -0.2) is 4.98 Å². The topological polar surface area (TPSA) is 38.9 Å². The van der Waals surface area contributed by atoms with E-state index in [2.05, 4.69) is 11.9 Å². The lowest BCUT2D eigenvalue weighted by molar-refractivity contribution is 0.588. The number of aryl methyl sites for hydroxylation is 1. The molecule has 2 N–H and O–H groups in total. The second-order valence-electron chi connectivity index (χ2n) is 3.60. The number of aromatic nitrogens is 1. The van der Waals surface area contributed by atoms with Crippen LogP contribution in [0, 0.1) is 0 Å². The Bertz CT molecular complexity index is 294. The maximum Gasteiger partial charge on any atom is 0.123 e. The molecule has 0 amide bonds. The quantitative estimate of drug-likeness (QED) is 0.634. The summed E-state index contributed by atoms with van der Waals surface area (Å²) in [5.41, 5.74) is 8.42. The van der Waals surface area contributed by atoms with Crippen molar-refractivity contribution in [3.63, 3.8) is 0 Å². The zero-order chi connectivity index (χ0) is 8.55. The van der Waals surface area contributed by atoms with E-state index in [0.717, 1.165) is 0 Å². The molecule has 64 valence electrons. The van der Waals surface area contributed by atoms with Gasteiger partial charge in [-0.3, -0.25) is 0 Å². The molecular formula is C10H14N2. The fraction of sp³-hybridized carbons (Fsp3) is 0.500. The Morgan fingerprint density at radius 3 is 3.25 bits per heavy atom. The normalized spacial score (nSPS) is 21.9. The highest BCUT2D eigenvalue weighted by Crippen LogP contribution is 2.30. The van der Waals surface area contributed by atoms with Gasteiger partial charge in [0.05, 0.1) is 0 Å². The van der Waals surface area contributed by atoms with Crippen LogP contribution in [0.2, 0.25) is 0 Å². The SMILES string of the molecule is C[C@@H]1CCCc2cc(N)ncc21. The predicted octanol–water partition coefficient (Wildman–Crippen LogP) is 2.10. The lowest BCUT2D eigenvalue weighted by Gasteiger charge is -2.21. The van der Waals surface area contributed by atoms with E-state index in [0.29, 0.717) is 11.7 Å². The summed E-state index contributed by atoms with van der Waals surface area (Å²) < 4.78 is 0. The van der Waals surface area contributed by atoms with Gasteiger partial charge in [-0.1, -0.05) is 6.92 Å². The molecule has 2 heteroatoms. The van der Waals surface area contributed by atoms with Crippen LogP contribution in [0.3, 0.4) is 0 Å². The summed E-state index contributed by atoms with van der Waals surface area (Å²) in [5.74, 6) is 1.32. The zero-order valence-electron chi connectivity index (χ0n) is 7.38. The molecule has 12 heavy (non-hydrogen) atoms. The van der Waals surface area contributed by atoms with Crippen LogP contribution in [0.5, 0.6) is 0 Å². The summed E-state index contributed by atoms with van der Waals surface area (Å²) >= 11 is 0. The maximum absolute atomic E-state index is 5.62. The van der Waals surface area contributed by atoms with Gasteiger partial charge >= 0.3 is 0 Å². The third kappa shape index (κ3) is 1.17. The average Bonchev–Trinajstić information content (AvgIpc) is 2.04. The molecule has 1 aromatic heterocycles. The minimum absolute atomic E-state index is 0.655. The second kappa shape index (κ2) is 2.77. The monoisotopic (exact) mass is 162 g/mol. The molecule has 1 aliphatic rings. The zero-order valence-corrected chi connectivity index (χ0v) is 7.38. The molecule has 1 heterocycles. The van der Waals surface area contributed by atoms with Crippen molar-refractivity contribution >= 4 is 5.82 Å². The van der Waals surface area contributed by atoms with Gasteiger partial charge in [-0.2, -0.15) is 0 Å². The lowest BCUT2D eigenvalue weighted by Crippen LogP contribution is -2.08. The molecule has 0 radical (unpaired) electrons. The smallest absolute Gasteiger partial charge is 0.123 e. The minimum atomic E-state index is 0.655. The van der Waals surface area contributed by atoms with Crippen molar-refractivity contribution in [2.24, 2.45) is 0 Å². The Morgan fingerprint density at radius 2 is 2.42 bits per heavy atom. The fourth-order valence-electron chi connectivity index (χ4n) is 1.94. The Hall–Kier alpha value is -1.05. The number of hydrogen-bond acceptors (Lipinski definition) is 2. The number of nitrogens with zero attached hydrogens (tertiary/aromatic N) is 1. The first-order valence-electron chi connectivity index (χ1n) is 4.51. The fourth-order valence-corrected chi connectivity index (χ4v) is 1.94. The Kier molecular flexibility index (Phi) is 1.75. The molecule has 0 aromatic carbocycles. The number of pyridine rings is 1. The van der Waals surface area contributed by atoms with Gasteiger partial charge in [0.25, 0.3) is 0 Å². The lowest BCUT2D eigenvalue weighted by atomic mass is 9.85. The average molecular weight is 162 g/mol. The molecule has 0 fully saturated rings. The minimum Gasteiger partial charge on any atom is -0.384 e. The molecule has 1 aliphatic carbocycles. The first-order valence-corrected chi connectivity index (χ1v) is 4.51. The second-order valence-corrected chi connectivity index (χ2v) is 3.60. The number of hydrogen-bond donors (Lipinski definition) is 1. The number of fused-ring (bicyclic) bond motifs is 1. The third-order valence-corrected chi connectivity index (χ3v) is 2.66. The van der Waals surface area contributed by atoms with Crippen molar-refractivity contribution in [2.45, 2.75) is 32.1 Å². The third-order valence-electron chi connectivity index (χ3n) is 2.66. The Morgan fingerprint density at radius 1 is 1.58 bits per heavy atom. The van der Waals surface area contributed by atoms with Crippen molar-refractivity contribution in [2.75, 3.05) is 5.73 Å². The van der Waals surface area contributed by atoms with Crippen LogP contribution >= 0.6 is 0 Å². The molecular weight excluding hydrogens is 148 g/mol. The van der Waals surface area contributed by atoms with Gasteiger partial charge in [0, 0.05) is 6.20 Å². The first-order chi connectivity index (χ1) is 5.77. The van der Waals surface area contributed by atoms with Gasteiger partial charge in [0.1, 0.15) is 5.82 Å². The number of anilines is 1. The molecule has 0 aliphatic heterocycles. The summed E-state index contributed by atoms with van der Waals surface area (Å²) in [6.07, 6.45) is 5.69. The number of nitrogens with two attached hydrogens (primary N) is 1. The molecule has 0 bridgehead atoms. The highest BCUT2D eigenvalue weighted by molar-refractivity contribution is 5.39. The van der Waals surface area contributed by atoms with Crippen molar-refractivity contribution < 1.29 is 0 Å². The van der Waals surface area contributed by atoms with Crippen LogP contribution in [0.4, 0.5) is 5.82 Å². The molecule has 0 spiro atoms. The van der Waals surface area contributed by atoms with E-state index < -0.39 is 0 Å². The van der Waals surface area contributed by atoms with Gasteiger partial charge in [-0.05, 0) is 42.4 Å². The van der Waals surface area contributed by atoms with Gasteiger partial charge in [-0.25, -0.2) is 4.98 Å². The summed E-state index contributed by atoms with van der Waals surface area (Å²) in [7, 11) is 0. The molecule has 2 nitrogen and oxygen atoms in total. The van der Waals surface area contributed by atoms with E-state index >= 15 is 0 Å². The van der Waals surface area contributed by atoms with Crippen LogP contribution in [0.1, 0.15) is 36.8 Å². The van der Waals surface area contributed by atoms with E-state index in [1.807, 2.05) is 12.3 Å². The molecule has 0 unspecified atom stereocenters. The van der Waals surface area contributed by atoms with Gasteiger partial charge in [-0.15, -0.1) is 0 Å². The Balaban J connectivity index is 2.46. The van der Waals surface area contributed by atoms with Crippen LogP contribution < -0.4 is 5.73 Å². The summed E-state index contributed by atoms with van der Waals surface area (Å²) in [4.78, 5) is 4.12. The molecule has 1 aromatic rings. The van der Waals surface area contributed by atoms with Crippen molar-refractivity contribution in [3.05, 3.63) is 23.4 Å². The molecule has 0 saturated heterocycles. The summed E-state index contributed by atoms with van der Waals surface area (Å²) in [6, 6.07) is 2.02. The van der Waals surface area contributed by atoms with E-state index in [-0.39, 0.29) is 0 Å². The van der Waals surface area contributed by atoms with E-state index in [1.54, 1.807) is 0 Å². The predicted molar refractivity (Wildman–Crippen MR) is 50.0 cm³/mol. The maximum atomic E-state index is 5.62.